The molecule has 5 atom stereocenters. The molecule has 612 valence electrons. The summed E-state index contributed by atoms with van der Waals surface area (Å²) in [5, 5.41) is 10.7. The highest BCUT2D eigenvalue weighted by Gasteiger charge is 2.30. The van der Waals surface area contributed by atoms with E-state index in [0.29, 0.717) is 38.5 Å². The van der Waals surface area contributed by atoms with E-state index in [1.54, 1.807) is 0 Å². The van der Waals surface area contributed by atoms with E-state index in [-0.39, 0.29) is 25.7 Å². The molecule has 0 aromatic heterocycles. The normalized spacial score (nSPS) is 14.8. The molecule has 0 saturated carbocycles. The van der Waals surface area contributed by atoms with Gasteiger partial charge in [0.1, 0.15) is 19.3 Å². The topological polar surface area (TPSA) is 237 Å². The second kappa shape index (κ2) is 79.3. The van der Waals surface area contributed by atoms with Crippen molar-refractivity contribution < 1.29 is 80.2 Å². The summed E-state index contributed by atoms with van der Waals surface area (Å²) >= 11 is 0. The summed E-state index contributed by atoms with van der Waals surface area (Å²) in [6.07, 6.45) is 96.1. The van der Waals surface area contributed by atoms with Gasteiger partial charge in [-0.3, -0.25) is 37.3 Å². The summed E-state index contributed by atoms with van der Waals surface area (Å²) in [4.78, 5) is 73.1. The van der Waals surface area contributed by atoms with Crippen molar-refractivity contribution in [2.75, 3.05) is 39.6 Å². The number of allylic oxidation sites excluding steroid dienone is 30. The molecule has 0 fully saturated rings. The number of unbranched alkanes of at least 4 members (excludes halogenated alkanes) is 19. The van der Waals surface area contributed by atoms with Gasteiger partial charge in [-0.05, 0) is 167 Å². The minimum absolute atomic E-state index is 0.0247. The number of carbonyl (C=O) groups is 4. The van der Waals surface area contributed by atoms with Gasteiger partial charge in [0.25, 0.3) is 0 Å². The molecule has 0 heterocycles. The fourth-order valence-electron chi connectivity index (χ4n) is 10.1. The van der Waals surface area contributed by atoms with E-state index in [4.69, 9.17) is 37.0 Å². The van der Waals surface area contributed by atoms with Gasteiger partial charge in [-0.1, -0.05) is 287 Å². The van der Waals surface area contributed by atoms with Crippen LogP contribution in [0.25, 0.3) is 0 Å². The number of carbonyl (C=O) groups excluding carboxylic acids is 4. The Morgan fingerprint density at radius 2 is 0.500 bits per heavy atom. The van der Waals surface area contributed by atoms with Crippen LogP contribution in [0, 0.1) is 0 Å². The lowest BCUT2D eigenvalue weighted by molar-refractivity contribution is -0.161. The largest absolute Gasteiger partial charge is 0.472 e. The highest BCUT2D eigenvalue weighted by atomic mass is 31.2. The van der Waals surface area contributed by atoms with Crippen LogP contribution in [0.4, 0.5) is 0 Å². The van der Waals surface area contributed by atoms with Gasteiger partial charge in [0, 0.05) is 25.7 Å². The minimum atomic E-state index is -5.02. The Morgan fingerprint density at radius 1 is 0.269 bits per heavy atom. The summed E-state index contributed by atoms with van der Waals surface area (Å²) < 4.78 is 68.5. The average molecular weight is 1550 g/mol. The SMILES string of the molecule is CC/C=C\C/C=C\C/C=C\C/C=C\C/C=C\C/C=C\CCC(=O)OC[C@H](COP(=O)(O)OC[C@@H](O)COP(=O)(O)OC[C@@H](COC(=O)CCCCCCC/C=C\C/C=C\CCCCC)OC(=O)CC/C=C\C/C=C\C/C=C\C/C=C\C/C=C\CCCCC)OC(=O)CCCCCCC/C=C\C/C=C\CCCCC. The molecule has 2 unspecified atom stereocenters. The molecule has 0 spiro atoms. The molecule has 0 saturated heterocycles. The summed E-state index contributed by atoms with van der Waals surface area (Å²) in [7, 11) is -10.0. The zero-order chi connectivity index (χ0) is 78.9. The van der Waals surface area contributed by atoms with Crippen molar-refractivity contribution in [1.29, 1.82) is 0 Å². The highest BCUT2D eigenvalue weighted by molar-refractivity contribution is 7.47. The fraction of sp³-hybridized carbons (Fsp3) is 0.618. The van der Waals surface area contributed by atoms with Crippen LogP contribution in [0.15, 0.2) is 182 Å². The standard InChI is InChI=1S/C89H144O17P2/c1-5-9-13-17-21-25-29-33-37-39-41-43-47-50-54-58-62-66-70-74-87(92)100-80-84(105-88(93)75-71-67-63-59-55-51-46-36-32-28-24-20-16-12-8-4)81-103-107(95,96)101-77-83(90)78-102-108(97,98)104-82-85(79-99-86(91)73-69-65-61-57-53-49-45-35-31-27-23-19-15-11-7-3)106-89(94)76-72-68-64-60-56-52-48-44-42-40-38-34-30-26-22-18-14-10-6-2/h9,13,21-28,33-38,41-46,50,52,54,56,62,64,66,68,83-85,90H,5-8,10-12,14-20,29-32,39-40,47-49,51,53,55,57-61,63,65,67,69-82H2,1-4H3,(H,95,96)(H,97,98)/b13-9-,25-21-,26-22-,27-23-,28-24-,37-33-,38-34-,43-41-,44-42-,45-35-,46-36-,54-50-,56-52-,66-62-,68-64-/t83-,84-,85-/m1/s1. The molecular weight excluding hydrogens is 1400 g/mol. The maximum absolute atomic E-state index is 13.1. The van der Waals surface area contributed by atoms with Gasteiger partial charge in [-0.15, -0.1) is 0 Å². The van der Waals surface area contributed by atoms with E-state index >= 15 is 0 Å². The number of aliphatic hydroxyl groups excluding tert-OH is 1. The summed E-state index contributed by atoms with van der Waals surface area (Å²) in [5.41, 5.74) is 0. The van der Waals surface area contributed by atoms with Gasteiger partial charge in [-0.25, -0.2) is 9.13 Å². The molecule has 0 aromatic carbocycles. The van der Waals surface area contributed by atoms with E-state index in [2.05, 4.69) is 174 Å². The molecule has 0 bridgehead atoms. The van der Waals surface area contributed by atoms with E-state index in [0.717, 1.165) is 148 Å². The van der Waals surface area contributed by atoms with Crippen LogP contribution in [-0.2, 0) is 65.4 Å². The second-order valence-electron chi connectivity index (χ2n) is 26.6. The Balaban J connectivity index is 5.54. The quantitative estimate of drug-likeness (QED) is 0.0169. The molecular formula is C89H144O17P2. The van der Waals surface area contributed by atoms with Crippen LogP contribution >= 0.6 is 15.6 Å². The molecule has 0 aliphatic rings. The van der Waals surface area contributed by atoms with E-state index in [1.165, 1.54) is 57.8 Å². The van der Waals surface area contributed by atoms with Crippen molar-refractivity contribution in [3.05, 3.63) is 182 Å². The van der Waals surface area contributed by atoms with Crippen LogP contribution in [0.1, 0.15) is 297 Å². The van der Waals surface area contributed by atoms with Crippen molar-refractivity contribution in [2.24, 2.45) is 0 Å². The third-order valence-electron chi connectivity index (χ3n) is 16.4. The average Bonchev–Trinajstić information content (AvgIpc) is 0.914. The van der Waals surface area contributed by atoms with E-state index < -0.39 is 97.5 Å². The van der Waals surface area contributed by atoms with Gasteiger partial charge >= 0.3 is 39.5 Å². The first-order chi connectivity index (χ1) is 52.7. The number of phosphoric ester groups is 2. The third-order valence-corrected chi connectivity index (χ3v) is 18.3. The van der Waals surface area contributed by atoms with Crippen molar-refractivity contribution >= 4 is 39.5 Å². The molecule has 17 nitrogen and oxygen atoms in total. The van der Waals surface area contributed by atoms with Gasteiger partial charge < -0.3 is 33.8 Å². The molecule has 108 heavy (non-hydrogen) atoms. The zero-order valence-electron chi connectivity index (χ0n) is 66.9. The number of hydrogen-bond donors (Lipinski definition) is 3. The van der Waals surface area contributed by atoms with Crippen LogP contribution in [0.2, 0.25) is 0 Å². The molecule has 3 N–H and O–H groups in total. The molecule has 19 heteroatoms. The Labute approximate surface area is 654 Å². The van der Waals surface area contributed by atoms with Crippen molar-refractivity contribution in [3.8, 4) is 0 Å². The van der Waals surface area contributed by atoms with Gasteiger partial charge in [0.2, 0.25) is 0 Å². The first-order valence-corrected chi connectivity index (χ1v) is 44.0. The van der Waals surface area contributed by atoms with Crippen LogP contribution in [-0.4, -0.2) is 96.7 Å². The number of rotatable bonds is 75. The van der Waals surface area contributed by atoms with E-state index in [1.807, 2.05) is 36.5 Å². The lowest BCUT2D eigenvalue weighted by Gasteiger charge is -2.21. The second-order valence-corrected chi connectivity index (χ2v) is 29.5. The maximum atomic E-state index is 13.1. The number of aliphatic hydroxyl groups is 1. The smallest absolute Gasteiger partial charge is 0.462 e. The monoisotopic (exact) mass is 1550 g/mol. The highest BCUT2D eigenvalue weighted by Crippen LogP contribution is 2.45. The fourth-order valence-corrected chi connectivity index (χ4v) is 11.7. The van der Waals surface area contributed by atoms with Crippen molar-refractivity contribution in [3.63, 3.8) is 0 Å². The molecule has 0 aliphatic heterocycles. The molecule has 0 rings (SSSR count). The van der Waals surface area contributed by atoms with Gasteiger partial charge in [0.05, 0.1) is 26.4 Å². The predicted octanol–water partition coefficient (Wildman–Crippen LogP) is 24.3. The minimum Gasteiger partial charge on any atom is -0.462 e. The van der Waals surface area contributed by atoms with Gasteiger partial charge in [0.15, 0.2) is 12.2 Å². The molecule has 0 aromatic rings. The lowest BCUT2D eigenvalue weighted by atomic mass is 10.1. The molecule has 0 radical (unpaired) electrons. The Kier molecular flexibility index (Phi) is 75.0. The first-order valence-electron chi connectivity index (χ1n) is 41.0. The predicted molar refractivity (Wildman–Crippen MR) is 445 cm³/mol. The summed E-state index contributed by atoms with van der Waals surface area (Å²) in [6, 6.07) is 0. The van der Waals surface area contributed by atoms with E-state index in [9.17, 15) is 43.2 Å². The zero-order valence-corrected chi connectivity index (χ0v) is 68.7. The number of ether oxygens (including phenoxy) is 4. The maximum Gasteiger partial charge on any atom is 0.472 e. The number of esters is 4. The molecule has 0 aliphatic carbocycles. The van der Waals surface area contributed by atoms with Gasteiger partial charge in [-0.2, -0.15) is 0 Å². The Morgan fingerprint density at radius 3 is 0.815 bits per heavy atom. The summed E-state index contributed by atoms with van der Waals surface area (Å²) in [5.74, 6) is -2.42. The van der Waals surface area contributed by atoms with Crippen LogP contribution in [0.5, 0.6) is 0 Å². The Bertz CT molecular complexity index is 2760. The summed E-state index contributed by atoms with van der Waals surface area (Å²) in [6.45, 7) is 4.46. The van der Waals surface area contributed by atoms with Crippen molar-refractivity contribution in [2.45, 2.75) is 316 Å². The van der Waals surface area contributed by atoms with Crippen molar-refractivity contribution in [1.82, 2.24) is 0 Å². The third kappa shape index (κ3) is 78.3. The van der Waals surface area contributed by atoms with Crippen LogP contribution in [0.3, 0.4) is 0 Å². The molecule has 0 amide bonds. The van der Waals surface area contributed by atoms with Crippen LogP contribution < -0.4 is 0 Å². The lowest BCUT2D eigenvalue weighted by Crippen LogP contribution is -2.30. The number of phosphoric acid groups is 2. The Hall–Kier alpha value is -5.84. The first kappa shape index (κ1) is 102. The number of hydrogen-bond acceptors (Lipinski definition) is 15.